The number of rotatable bonds is 7. The Labute approximate surface area is 120 Å². The molecule has 1 rings (SSSR count). The number of ketones is 1. The molecule has 1 aromatic rings. The van der Waals surface area contributed by atoms with Gasteiger partial charge in [0.2, 0.25) is 0 Å². The van der Waals surface area contributed by atoms with Gasteiger partial charge in [-0.1, -0.05) is 23.2 Å². The maximum absolute atomic E-state index is 11.8. The highest BCUT2D eigenvalue weighted by Gasteiger charge is 2.21. The van der Waals surface area contributed by atoms with E-state index in [9.17, 15) is 13.2 Å². The summed E-state index contributed by atoms with van der Waals surface area (Å²) in [5.74, 6) is -1.16. The Hall–Kier alpha value is -0.140. The van der Waals surface area contributed by atoms with Crippen LogP contribution in [0.25, 0.3) is 0 Å². The van der Waals surface area contributed by atoms with Crippen LogP contribution in [0, 0.1) is 0 Å². The van der Waals surface area contributed by atoms with Crippen molar-refractivity contribution >= 4 is 50.2 Å². The van der Waals surface area contributed by atoms with Crippen LogP contribution in [0.1, 0.15) is 16.8 Å². The number of hydrogen-bond donors (Lipinski definition) is 0. The lowest BCUT2D eigenvalue weighted by atomic mass is 10.2. The van der Waals surface area contributed by atoms with Gasteiger partial charge in [0.25, 0.3) is 0 Å². The maximum Gasteiger partial charge on any atom is 0.180 e. The highest BCUT2D eigenvalue weighted by atomic mass is 35.5. The van der Waals surface area contributed by atoms with Crippen LogP contribution in [0.4, 0.5) is 0 Å². The largest absolute Gasteiger partial charge is 0.385 e. The standard InChI is InChI=1S/C10H12Cl2O4S2/c1-16-3-2-4-18(14,15)6-8(13)7-5-9(11)17-10(7)12/h5H,2-4,6H2,1H3. The molecule has 0 aliphatic heterocycles. The second-order valence-corrected chi connectivity index (χ2v) is 8.07. The SMILES string of the molecule is COCCCS(=O)(=O)CC(=O)c1cc(Cl)sc1Cl. The average molecular weight is 331 g/mol. The van der Waals surface area contributed by atoms with Crippen LogP contribution in [0.5, 0.6) is 0 Å². The number of carbonyl (C=O) groups excluding carboxylic acids is 1. The lowest BCUT2D eigenvalue weighted by molar-refractivity contribution is 0.102. The van der Waals surface area contributed by atoms with E-state index in [1.165, 1.54) is 13.2 Å². The number of carbonyl (C=O) groups is 1. The minimum Gasteiger partial charge on any atom is -0.385 e. The Morgan fingerprint density at radius 3 is 2.61 bits per heavy atom. The molecular formula is C10H12Cl2O4S2. The molecule has 102 valence electrons. The molecule has 1 heterocycles. The summed E-state index contributed by atoms with van der Waals surface area (Å²) in [5.41, 5.74) is 0.169. The normalized spacial score (nSPS) is 11.7. The van der Waals surface area contributed by atoms with Crippen LogP contribution in [0.2, 0.25) is 8.67 Å². The summed E-state index contributed by atoms with van der Waals surface area (Å²) < 4.78 is 28.7. The predicted octanol–water partition coefficient (Wildman–Crippen LogP) is 2.69. The minimum atomic E-state index is -3.44. The summed E-state index contributed by atoms with van der Waals surface area (Å²) in [4.78, 5) is 11.8. The Morgan fingerprint density at radius 1 is 1.44 bits per heavy atom. The number of ether oxygens (including phenoxy) is 1. The fourth-order valence-corrected chi connectivity index (χ4v) is 4.06. The van der Waals surface area contributed by atoms with Crippen molar-refractivity contribution in [3.05, 3.63) is 20.3 Å². The first-order valence-corrected chi connectivity index (χ1v) is 8.42. The molecule has 0 spiro atoms. The third-order valence-corrected chi connectivity index (χ3v) is 5.21. The predicted molar refractivity (Wildman–Crippen MR) is 73.8 cm³/mol. The zero-order valence-electron chi connectivity index (χ0n) is 9.61. The third-order valence-electron chi connectivity index (χ3n) is 2.11. The first-order chi connectivity index (χ1) is 8.35. The van der Waals surface area contributed by atoms with E-state index < -0.39 is 21.4 Å². The average Bonchev–Trinajstić information content (AvgIpc) is 2.57. The number of methoxy groups -OCH3 is 1. The topological polar surface area (TPSA) is 60.4 Å². The molecule has 0 aromatic carbocycles. The van der Waals surface area contributed by atoms with Crippen LogP contribution in [-0.2, 0) is 14.6 Å². The fourth-order valence-electron chi connectivity index (χ4n) is 1.30. The first kappa shape index (κ1) is 15.9. The molecule has 0 unspecified atom stereocenters. The Balaban J connectivity index is 2.67. The summed E-state index contributed by atoms with van der Waals surface area (Å²) in [7, 11) is -1.94. The molecular weight excluding hydrogens is 319 g/mol. The maximum atomic E-state index is 11.8. The van der Waals surface area contributed by atoms with Crippen LogP contribution >= 0.6 is 34.5 Å². The number of halogens is 2. The summed E-state index contributed by atoms with van der Waals surface area (Å²) in [6.45, 7) is 0.346. The highest BCUT2D eigenvalue weighted by molar-refractivity contribution is 7.92. The van der Waals surface area contributed by atoms with E-state index in [0.29, 0.717) is 17.4 Å². The van der Waals surface area contributed by atoms with Crippen molar-refractivity contribution in [3.8, 4) is 0 Å². The van der Waals surface area contributed by atoms with Gasteiger partial charge in [-0.2, -0.15) is 0 Å². The van der Waals surface area contributed by atoms with Crippen LogP contribution in [0.3, 0.4) is 0 Å². The van der Waals surface area contributed by atoms with Gasteiger partial charge >= 0.3 is 0 Å². The van der Waals surface area contributed by atoms with Crippen molar-refractivity contribution in [1.29, 1.82) is 0 Å². The van der Waals surface area contributed by atoms with Crippen molar-refractivity contribution in [2.75, 3.05) is 25.2 Å². The molecule has 0 saturated carbocycles. The van der Waals surface area contributed by atoms with Gasteiger partial charge in [-0.25, -0.2) is 8.42 Å². The lowest BCUT2D eigenvalue weighted by Gasteiger charge is -2.03. The van der Waals surface area contributed by atoms with Gasteiger partial charge < -0.3 is 4.74 Å². The number of sulfone groups is 1. The molecule has 0 saturated heterocycles. The first-order valence-electron chi connectivity index (χ1n) is 5.03. The third kappa shape index (κ3) is 4.85. The monoisotopic (exact) mass is 330 g/mol. The molecule has 0 N–H and O–H groups in total. The van der Waals surface area contributed by atoms with E-state index in [4.69, 9.17) is 27.9 Å². The van der Waals surface area contributed by atoms with E-state index in [0.717, 1.165) is 11.3 Å². The van der Waals surface area contributed by atoms with Crippen molar-refractivity contribution in [1.82, 2.24) is 0 Å². The van der Waals surface area contributed by atoms with Crippen molar-refractivity contribution in [2.24, 2.45) is 0 Å². The Bertz CT molecular complexity index is 522. The smallest absolute Gasteiger partial charge is 0.180 e. The summed E-state index contributed by atoms with van der Waals surface area (Å²) in [6, 6.07) is 1.39. The zero-order valence-corrected chi connectivity index (χ0v) is 12.8. The van der Waals surface area contributed by atoms with Crippen molar-refractivity contribution < 1.29 is 17.9 Å². The molecule has 1 aromatic heterocycles. The van der Waals surface area contributed by atoms with Gasteiger partial charge in [-0.15, -0.1) is 11.3 Å². The summed E-state index contributed by atoms with van der Waals surface area (Å²) in [5, 5.41) is 0. The molecule has 4 nitrogen and oxygen atoms in total. The van der Waals surface area contributed by atoms with Gasteiger partial charge in [0, 0.05) is 19.3 Å². The van der Waals surface area contributed by atoms with Gasteiger partial charge in [0.15, 0.2) is 15.6 Å². The molecule has 0 bridgehead atoms. The minimum absolute atomic E-state index is 0.0813. The van der Waals surface area contributed by atoms with Crippen LogP contribution in [0.15, 0.2) is 6.07 Å². The quantitative estimate of drug-likeness (QED) is 0.569. The Morgan fingerprint density at radius 2 is 2.11 bits per heavy atom. The van der Waals surface area contributed by atoms with E-state index in [1.54, 1.807) is 0 Å². The van der Waals surface area contributed by atoms with Gasteiger partial charge in [-0.3, -0.25) is 4.79 Å². The molecule has 0 aliphatic carbocycles. The number of hydrogen-bond acceptors (Lipinski definition) is 5. The zero-order chi connectivity index (χ0) is 13.8. The lowest BCUT2D eigenvalue weighted by Crippen LogP contribution is -2.19. The van der Waals surface area contributed by atoms with E-state index >= 15 is 0 Å². The molecule has 0 atom stereocenters. The Kier molecular flexibility index (Phi) is 6.07. The summed E-state index contributed by atoms with van der Waals surface area (Å²) >= 11 is 12.5. The van der Waals surface area contributed by atoms with E-state index in [2.05, 4.69) is 0 Å². The van der Waals surface area contributed by atoms with Gasteiger partial charge in [0.1, 0.15) is 10.1 Å². The molecule has 0 fully saturated rings. The molecule has 0 amide bonds. The van der Waals surface area contributed by atoms with E-state index in [1.807, 2.05) is 0 Å². The molecule has 0 radical (unpaired) electrons. The van der Waals surface area contributed by atoms with Gasteiger partial charge in [0.05, 0.1) is 10.1 Å². The van der Waals surface area contributed by atoms with Crippen molar-refractivity contribution in [2.45, 2.75) is 6.42 Å². The highest BCUT2D eigenvalue weighted by Crippen LogP contribution is 2.31. The molecule has 18 heavy (non-hydrogen) atoms. The molecule has 8 heteroatoms. The second-order valence-electron chi connectivity index (χ2n) is 3.60. The van der Waals surface area contributed by atoms with Gasteiger partial charge in [-0.05, 0) is 12.5 Å². The number of Topliss-reactive ketones (excluding diaryl/α,β-unsaturated/α-hetero) is 1. The van der Waals surface area contributed by atoms with Crippen LogP contribution < -0.4 is 0 Å². The van der Waals surface area contributed by atoms with Crippen molar-refractivity contribution in [3.63, 3.8) is 0 Å². The second kappa shape index (κ2) is 6.86. The number of thiophene rings is 1. The van der Waals surface area contributed by atoms with Crippen LogP contribution in [-0.4, -0.2) is 39.4 Å². The molecule has 0 aliphatic rings. The summed E-state index contributed by atoms with van der Waals surface area (Å²) in [6.07, 6.45) is 0.365. The fraction of sp³-hybridized carbons (Fsp3) is 0.500. The van der Waals surface area contributed by atoms with E-state index in [-0.39, 0.29) is 15.7 Å².